The molecule has 0 radical (unpaired) electrons. The fourth-order valence-electron chi connectivity index (χ4n) is 2.49. The van der Waals surface area contributed by atoms with Gasteiger partial charge in [0.2, 0.25) is 0 Å². The van der Waals surface area contributed by atoms with Gasteiger partial charge in [-0.05, 0) is 44.0 Å². The van der Waals surface area contributed by atoms with Crippen molar-refractivity contribution in [1.29, 1.82) is 0 Å². The molecule has 1 fully saturated rings. The van der Waals surface area contributed by atoms with Crippen molar-refractivity contribution in [3.63, 3.8) is 0 Å². The number of ketones is 1. The minimum atomic E-state index is -4.44. The van der Waals surface area contributed by atoms with Gasteiger partial charge in [-0.25, -0.2) is 4.98 Å². The fraction of sp³-hybridized carbons (Fsp3) is 0.353. The summed E-state index contributed by atoms with van der Waals surface area (Å²) in [6.07, 6.45) is -2.83. The molecule has 4 nitrogen and oxygen atoms in total. The van der Waals surface area contributed by atoms with Gasteiger partial charge in [-0.15, -0.1) is 0 Å². The van der Waals surface area contributed by atoms with Crippen LogP contribution in [0.3, 0.4) is 0 Å². The lowest BCUT2D eigenvalue weighted by atomic mass is 10.1. The highest BCUT2D eigenvalue weighted by Crippen LogP contribution is 2.37. The van der Waals surface area contributed by atoms with E-state index in [0.717, 1.165) is 36.3 Å². The van der Waals surface area contributed by atoms with Crippen molar-refractivity contribution < 1.29 is 22.8 Å². The van der Waals surface area contributed by atoms with E-state index in [-0.39, 0.29) is 17.4 Å². The zero-order chi connectivity index (χ0) is 18.4. The molecule has 1 aliphatic carbocycles. The number of aromatic nitrogens is 1. The third-order valence-electron chi connectivity index (χ3n) is 3.90. The maximum absolute atomic E-state index is 12.8. The number of aryl methyl sites for hydroxylation is 1. The summed E-state index contributed by atoms with van der Waals surface area (Å²) in [7, 11) is 0. The molecule has 0 saturated heterocycles. The van der Waals surface area contributed by atoms with Crippen molar-refractivity contribution in [2.45, 2.75) is 38.9 Å². The van der Waals surface area contributed by atoms with Crippen LogP contribution in [0.4, 0.5) is 18.3 Å². The summed E-state index contributed by atoms with van der Waals surface area (Å²) < 4.78 is 38.0. The number of rotatable bonds is 4. The molecule has 1 saturated carbocycles. The zero-order valence-corrected chi connectivity index (χ0v) is 14.4. The lowest BCUT2D eigenvalue weighted by Gasteiger charge is -2.19. The Morgan fingerprint density at radius 1 is 1.20 bits per heavy atom. The van der Waals surface area contributed by atoms with Crippen LogP contribution in [-0.2, 0) is 6.18 Å². The molecule has 0 aliphatic heterocycles. The van der Waals surface area contributed by atoms with Crippen LogP contribution in [0.1, 0.15) is 51.1 Å². The molecule has 1 aromatic carbocycles. The van der Waals surface area contributed by atoms with E-state index in [1.165, 1.54) is 24.0 Å². The molecular weight excluding hydrogens is 353 g/mol. The summed E-state index contributed by atoms with van der Waals surface area (Å²) in [4.78, 5) is 30.7. The Bertz CT molecular complexity index is 823. The number of amides is 1. The average Bonchev–Trinajstić information content (AvgIpc) is 3.28. The molecule has 0 unspecified atom stereocenters. The average molecular weight is 368 g/mol. The van der Waals surface area contributed by atoms with Gasteiger partial charge in [-0.2, -0.15) is 13.2 Å². The predicted octanol–water partition coefficient (Wildman–Crippen LogP) is 4.48. The number of thiazole rings is 1. The van der Waals surface area contributed by atoms with Gasteiger partial charge >= 0.3 is 6.18 Å². The van der Waals surface area contributed by atoms with E-state index in [1.807, 2.05) is 0 Å². The monoisotopic (exact) mass is 368 g/mol. The van der Waals surface area contributed by atoms with E-state index in [2.05, 4.69) is 4.98 Å². The molecule has 0 bridgehead atoms. The minimum absolute atomic E-state index is 0.0276. The highest BCUT2D eigenvalue weighted by atomic mass is 32.1. The maximum atomic E-state index is 12.8. The zero-order valence-electron chi connectivity index (χ0n) is 13.6. The van der Waals surface area contributed by atoms with E-state index < -0.39 is 17.6 Å². The van der Waals surface area contributed by atoms with Crippen molar-refractivity contribution in [2.75, 3.05) is 4.90 Å². The molecule has 0 atom stereocenters. The molecule has 3 rings (SSSR count). The van der Waals surface area contributed by atoms with Crippen LogP contribution in [0, 0.1) is 6.92 Å². The Morgan fingerprint density at radius 3 is 2.24 bits per heavy atom. The van der Waals surface area contributed by atoms with Crippen LogP contribution in [0.5, 0.6) is 0 Å². The van der Waals surface area contributed by atoms with Gasteiger partial charge in [-0.3, -0.25) is 14.5 Å². The Kier molecular flexibility index (Phi) is 4.40. The summed E-state index contributed by atoms with van der Waals surface area (Å²) >= 11 is 1.14. The first kappa shape index (κ1) is 17.6. The number of hydrogen-bond acceptors (Lipinski definition) is 4. The Hall–Kier alpha value is -2.22. The number of alkyl halides is 3. The first-order valence-electron chi connectivity index (χ1n) is 7.67. The summed E-state index contributed by atoms with van der Waals surface area (Å²) in [5.41, 5.74) is -0.0820. The second-order valence-corrected chi connectivity index (χ2v) is 6.93. The van der Waals surface area contributed by atoms with Gasteiger partial charge in [-0.1, -0.05) is 11.3 Å². The van der Waals surface area contributed by atoms with Crippen LogP contribution >= 0.6 is 11.3 Å². The second-order valence-electron chi connectivity index (χ2n) is 5.95. The van der Waals surface area contributed by atoms with Gasteiger partial charge in [0, 0.05) is 18.5 Å². The van der Waals surface area contributed by atoms with Crippen molar-refractivity contribution >= 4 is 28.2 Å². The van der Waals surface area contributed by atoms with E-state index in [0.29, 0.717) is 15.7 Å². The summed E-state index contributed by atoms with van der Waals surface area (Å²) in [5, 5.41) is 0.412. The normalized spacial score (nSPS) is 14.4. The van der Waals surface area contributed by atoms with Crippen LogP contribution < -0.4 is 4.90 Å². The molecule has 0 spiro atoms. The van der Waals surface area contributed by atoms with Gasteiger partial charge in [0.1, 0.15) is 0 Å². The van der Waals surface area contributed by atoms with Gasteiger partial charge in [0.05, 0.1) is 16.1 Å². The molecule has 1 amide bonds. The summed E-state index contributed by atoms with van der Waals surface area (Å²) in [6, 6.07) is 4.11. The third-order valence-corrected chi connectivity index (χ3v) is 5.16. The number of anilines is 1. The molecule has 25 heavy (non-hydrogen) atoms. The molecular formula is C17H15F3N2O2S. The largest absolute Gasteiger partial charge is 0.416 e. The lowest BCUT2D eigenvalue weighted by Crippen LogP contribution is -2.33. The van der Waals surface area contributed by atoms with Crippen LogP contribution in [0.2, 0.25) is 0 Å². The van der Waals surface area contributed by atoms with Gasteiger partial charge in [0.25, 0.3) is 5.91 Å². The molecule has 1 aliphatic rings. The number of halogens is 3. The van der Waals surface area contributed by atoms with E-state index in [4.69, 9.17) is 0 Å². The summed E-state index contributed by atoms with van der Waals surface area (Å²) in [5.74, 6) is -0.529. The Labute approximate surface area is 146 Å². The second kappa shape index (κ2) is 6.25. The SMILES string of the molecule is CC(=O)c1sc(N(C(=O)c2ccc(C(F)(F)F)cc2)C2CC2)nc1C. The number of carbonyl (C=O) groups is 2. The number of Topliss-reactive ketones (excluding diaryl/α,β-unsaturated/α-hetero) is 1. The van der Waals surface area contributed by atoms with E-state index >= 15 is 0 Å². The van der Waals surface area contributed by atoms with Crippen LogP contribution in [-0.4, -0.2) is 22.7 Å². The van der Waals surface area contributed by atoms with Crippen LogP contribution in [0.15, 0.2) is 24.3 Å². The number of carbonyl (C=O) groups excluding carboxylic acids is 2. The molecule has 8 heteroatoms. The molecule has 1 heterocycles. The Morgan fingerprint density at radius 2 is 1.80 bits per heavy atom. The first-order valence-corrected chi connectivity index (χ1v) is 8.49. The summed E-state index contributed by atoms with van der Waals surface area (Å²) in [6.45, 7) is 3.13. The predicted molar refractivity (Wildman–Crippen MR) is 88.1 cm³/mol. The van der Waals surface area contributed by atoms with E-state index in [1.54, 1.807) is 6.92 Å². The van der Waals surface area contributed by atoms with Gasteiger partial charge in [0.15, 0.2) is 10.9 Å². The van der Waals surface area contributed by atoms with Crippen molar-refractivity contribution in [1.82, 2.24) is 4.98 Å². The van der Waals surface area contributed by atoms with Gasteiger partial charge < -0.3 is 0 Å². The highest BCUT2D eigenvalue weighted by Gasteiger charge is 2.37. The number of benzene rings is 1. The van der Waals surface area contributed by atoms with Crippen LogP contribution in [0.25, 0.3) is 0 Å². The number of hydrogen-bond donors (Lipinski definition) is 0. The molecule has 1 aromatic heterocycles. The smallest absolute Gasteiger partial charge is 0.294 e. The van der Waals surface area contributed by atoms with E-state index in [9.17, 15) is 22.8 Å². The first-order chi connectivity index (χ1) is 11.7. The Balaban J connectivity index is 1.92. The lowest BCUT2D eigenvalue weighted by molar-refractivity contribution is -0.137. The maximum Gasteiger partial charge on any atom is 0.416 e. The minimum Gasteiger partial charge on any atom is -0.294 e. The standard InChI is InChI=1S/C17H15F3N2O2S/c1-9-14(10(2)23)25-16(21-9)22(13-7-8-13)15(24)11-3-5-12(6-4-11)17(18,19)20/h3-6,13H,7-8H2,1-2H3. The third kappa shape index (κ3) is 3.58. The van der Waals surface area contributed by atoms with Crippen molar-refractivity contribution in [3.8, 4) is 0 Å². The molecule has 132 valence electrons. The van der Waals surface area contributed by atoms with Crippen molar-refractivity contribution in [3.05, 3.63) is 46.0 Å². The topological polar surface area (TPSA) is 50.3 Å². The molecule has 0 N–H and O–H groups in total. The quantitative estimate of drug-likeness (QED) is 0.748. The van der Waals surface area contributed by atoms with Crippen molar-refractivity contribution in [2.24, 2.45) is 0 Å². The number of nitrogens with zero attached hydrogens (tertiary/aromatic N) is 2. The fourth-order valence-corrected chi connectivity index (χ4v) is 3.53. The molecule has 2 aromatic rings. The highest BCUT2D eigenvalue weighted by molar-refractivity contribution is 7.17.